The van der Waals surface area contributed by atoms with E-state index in [1.807, 2.05) is 24.3 Å². The molecule has 0 amide bonds. The second-order valence-corrected chi connectivity index (χ2v) is 6.45. The van der Waals surface area contributed by atoms with Gasteiger partial charge in [0.05, 0.1) is 5.69 Å². The number of anilines is 1. The highest BCUT2D eigenvalue weighted by Crippen LogP contribution is 2.24. The summed E-state index contributed by atoms with van der Waals surface area (Å²) in [5.74, 6) is -0.444. The van der Waals surface area contributed by atoms with Crippen molar-refractivity contribution < 1.29 is 4.39 Å². The molecule has 1 aliphatic heterocycles. The Morgan fingerprint density at radius 3 is 2.48 bits per heavy atom. The van der Waals surface area contributed by atoms with Crippen LogP contribution in [0.15, 0.2) is 46.9 Å². The number of benzene rings is 2. The zero-order valence-electron chi connectivity index (χ0n) is 12.7. The minimum atomic E-state index is -0.444. The number of hydrogen-bond donors (Lipinski definition) is 0. The molecule has 0 N–H and O–H groups in total. The molecule has 1 aliphatic rings. The van der Waals surface area contributed by atoms with Crippen molar-refractivity contribution >= 4 is 21.6 Å². The Morgan fingerprint density at radius 1 is 1.04 bits per heavy atom. The average molecular weight is 374 g/mol. The third-order valence-corrected chi connectivity index (χ3v) is 4.94. The van der Waals surface area contributed by atoms with Crippen LogP contribution in [-0.4, -0.2) is 31.1 Å². The first kappa shape index (κ1) is 16.0. The fourth-order valence-electron chi connectivity index (χ4n) is 2.90. The molecule has 0 aromatic heterocycles. The van der Waals surface area contributed by atoms with E-state index in [0.717, 1.165) is 37.2 Å². The third-order valence-electron chi connectivity index (χ3n) is 4.17. The molecule has 2 aromatic rings. The maximum Gasteiger partial charge on any atom is 0.143 e. The second kappa shape index (κ2) is 7.12. The topological polar surface area (TPSA) is 30.3 Å². The van der Waals surface area contributed by atoms with Gasteiger partial charge in [-0.25, -0.2) is 4.39 Å². The number of nitrogens with zero attached hydrogens (tertiary/aromatic N) is 3. The van der Waals surface area contributed by atoms with Crippen molar-refractivity contribution in [3.05, 3.63) is 63.9 Å². The first-order valence-electron chi connectivity index (χ1n) is 7.58. The highest BCUT2D eigenvalue weighted by molar-refractivity contribution is 9.10. The fraction of sp³-hybridized carbons (Fsp3) is 0.278. The molecule has 0 bridgehead atoms. The van der Waals surface area contributed by atoms with Gasteiger partial charge in [-0.05, 0) is 23.8 Å². The summed E-state index contributed by atoms with van der Waals surface area (Å²) in [5.41, 5.74) is 2.12. The van der Waals surface area contributed by atoms with Gasteiger partial charge in [0.15, 0.2) is 0 Å². The quantitative estimate of drug-likeness (QED) is 0.819. The highest BCUT2D eigenvalue weighted by Gasteiger charge is 2.21. The summed E-state index contributed by atoms with van der Waals surface area (Å²) in [4.78, 5) is 4.47. The van der Waals surface area contributed by atoms with Crippen molar-refractivity contribution in [3.8, 4) is 6.07 Å². The molecular weight excluding hydrogens is 357 g/mol. The number of piperazine rings is 1. The van der Waals surface area contributed by atoms with E-state index in [0.29, 0.717) is 5.69 Å². The van der Waals surface area contributed by atoms with Crippen molar-refractivity contribution in [2.24, 2.45) is 0 Å². The van der Waals surface area contributed by atoms with E-state index >= 15 is 0 Å². The second-order valence-electron chi connectivity index (χ2n) is 5.60. The van der Waals surface area contributed by atoms with E-state index in [9.17, 15) is 9.65 Å². The van der Waals surface area contributed by atoms with Gasteiger partial charge < -0.3 is 4.90 Å². The summed E-state index contributed by atoms with van der Waals surface area (Å²) < 4.78 is 14.9. The summed E-state index contributed by atoms with van der Waals surface area (Å²) in [6.45, 7) is 4.26. The number of hydrogen-bond acceptors (Lipinski definition) is 3. The molecule has 0 saturated carbocycles. The normalized spacial score (nSPS) is 15.4. The van der Waals surface area contributed by atoms with Gasteiger partial charge in [0, 0.05) is 37.2 Å². The molecule has 0 radical (unpaired) electrons. The van der Waals surface area contributed by atoms with Crippen molar-refractivity contribution in [1.29, 1.82) is 5.26 Å². The molecule has 0 unspecified atom stereocenters. The lowest BCUT2D eigenvalue weighted by molar-refractivity contribution is 0.249. The lowest BCUT2D eigenvalue weighted by Crippen LogP contribution is -2.46. The van der Waals surface area contributed by atoms with Crippen LogP contribution in [0.5, 0.6) is 0 Å². The van der Waals surface area contributed by atoms with Crippen LogP contribution in [-0.2, 0) is 6.54 Å². The Labute approximate surface area is 144 Å². The molecule has 3 nitrogen and oxygen atoms in total. The first-order valence-corrected chi connectivity index (χ1v) is 8.37. The van der Waals surface area contributed by atoms with Gasteiger partial charge in [-0.1, -0.05) is 40.2 Å². The standard InChI is InChI=1S/C18H17BrFN3/c19-16-5-2-1-4-14(16)13-22-8-10-23(11-9-22)18-7-3-6-17(20)15(18)12-21/h1-7H,8-11,13H2. The molecule has 5 heteroatoms. The maximum absolute atomic E-state index is 13.7. The Balaban J connectivity index is 1.67. The molecule has 3 rings (SSSR count). The van der Waals surface area contributed by atoms with Crippen molar-refractivity contribution in [1.82, 2.24) is 4.90 Å². The van der Waals surface area contributed by atoms with Gasteiger partial charge >= 0.3 is 0 Å². The highest BCUT2D eigenvalue weighted by atomic mass is 79.9. The van der Waals surface area contributed by atoms with Crippen LogP contribution in [0.25, 0.3) is 0 Å². The van der Waals surface area contributed by atoms with Gasteiger partial charge in [0.25, 0.3) is 0 Å². The van der Waals surface area contributed by atoms with Gasteiger partial charge in [0.2, 0.25) is 0 Å². The van der Waals surface area contributed by atoms with E-state index in [2.05, 4.69) is 37.9 Å². The largest absolute Gasteiger partial charge is 0.368 e. The van der Waals surface area contributed by atoms with Gasteiger partial charge in [-0.15, -0.1) is 0 Å². The molecule has 23 heavy (non-hydrogen) atoms. The molecule has 0 atom stereocenters. The van der Waals surface area contributed by atoms with Crippen molar-refractivity contribution in [2.75, 3.05) is 31.1 Å². The smallest absolute Gasteiger partial charge is 0.143 e. The number of nitriles is 1. The molecule has 0 aliphatic carbocycles. The summed E-state index contributed by atoms with van der Waals surface area (Å²) in [6, 6.07) is 15.0. The molecule has 1 heterocycles. The minimum absolute atomic E-state index is 0.145. The summed E-state index contributed by atoms with van der Waals surface area (Å²) in [5, 5.41) is 9.17. The van der Waals surface area contributed by atoms with Crippen LogP contribution in [0.3, 0.4) is 0 Å². The Hall–Kier alpha value is -1.90. The Morgan fingerprint density at radius 2 is 1.78 bits per heavy atom. The lowest BCUT2D eigenvalue weighted by atomic mass is 10.1. The fourth-order valence-corrected chi connectivity index (χ4v) is 3.31. The summed E-state index contributed by atoms with van der Waals surface area (Å²) in [6.07, 6.45) is 0. The predicted octanol–water partition coefficient (Wildman–Crippen LogP) is 3.78. The monoisotopic (exact) mass is 373 g/mol. The minimum Gasteiger partial charge on any atom is -0.368 e. The van der Waals surface area contributed by atoms with E-state index in [4.69, 9.17) is 0 Å². The summed E-state index contributed by atoms with van der Waals surface area (Å²) in [7, 11) is 0. The van der Waals surface area contributed by atoms with Crippen LogP contribution in [0.2, 0.25) is 0 Å². The zero-order valence-corrected chi connectivity index (χ0v) is 14.3. The molecule has 2 aromatic carbocycles. The molecule has 118 valence electrons. The van der Waals surface area contributed by atoms with Crippen molar-refractivity contribution in [2.45, 2.75) is 6.54 Å². The Bertz CT molecular complexity index is 733. The molecule has 1 saturated heterocycles. The van der Waals surface area contributed by atoms with Crippen LogP contribution in [0.1, 0.15) is 11.1 Å². The Kier molecular flexibility index (Phi) is 4.94. The molecular formula is C18H17BrFN3. The van der Waals surface area contributed by atoms with E-state index in [1.54, 1.807) is 6.07 Å². The number of rotatable bonds is 3. The van der Waals surface area contributed by atoms with Gasteiger partial charge in [0.1, 0.15) is 17.4 Å². The van der Waals surface area contributed by atoms with E-state index < -0.39 is 5.82 Å². The van der Waals surface area contributed by atoms with Gasteiger partial charge in [-0.3, -0.25) is 4.90 Å². The molecule has 0 spiro atoms. The predicted molar refractivity (Wildman–Crippen MR) is 92.7 cm³/mol. The van der Waals surface area contributed by atoms with Crippen LogP contribution in [0, 0.1) is 17.1 Å². The number of halogens is 2. The summed E-state index contributed by atoms with van der Waals surface area (Å²) >= 11 is 3.58. The maximum atomic E-state index is 13.7. The van der Waals surface area contributed by atoms with Gasteiger partial charge in [-0.2, -0.15) is 5.26 Å². The van der Waals surface area contributed by atoms with E-state index in [-0.39, 0.29) is 5.56 Å². The van der Waals surface area contributed by atoms with Crippen LogP contribution >= 0.6 is 15.9 Å². The average Bonchev–Trinajstić information content (AvgIpc) is 2.57. The first-order chi connectivity index (χ1) is 11.2. The lowest BCUT2D eigenvalue weighted by Gasteiger charge is -2.36. The van der Waals surface area contributed by atoms with Crippen molar-refractivity contribution in [3.63, 3.8) is 0 Å². The third kappa shape index (κ3) is 3.54. The SMILES string of the molecule is N#Cc1c(F)cccc1N1CCN(Cc2ccccc2Br)CC1. The molecule has 1 fully saturated rings. The zero-order chi connectivity index (χ0) is 16.2. The van der Waals surface area contributed by atoms with E-state index in [1.165, 1.54) is 11.6 Å². The van der Waals surface area contributed by atoms with Crippen LogP contribution in [0.4, 0.5) is 10.1 Å². The van der Waals surface area contributed by atoms with Crippen LogP contribution < -0.4 is 4.90 Å².